The predicted molar refractivity (Wildman–Crippen MR) is 111 cm³/mol. The molecule has 172 valence electrons. The minimum Gasteiger partial charge on any atom is -0.377 e. The Labute approximate surface area is 180 Å². The van der Waals surface area contributed by atoms with E-state index in [1.165, 1.54) is 12.1 Å². The fraction of sp³-hybridized carbons (Fsp3) is 0.579. The summed E-state index contributed by atoms with van der Waals surface area (Å²) < 4.78 is 26.4. The van der Waals surface area contributed by atoms with Crippen LogP contribution in [0.4, 0.5) is 17.1 Å². The van der Waals surface area contributed by atoms with Gasteiger partial charge in [0.2, 0.25) is 0 Å². The molecule has 0 aliphatic carbocycles. The van der Waals surface area contributed by atoms with Gasteiger partial charge in [-0.15, -0.1) is 6.42 Å². The molecule has 0 radical (unpaired) electrons. The Hall–Kier alpha value is -2.82. The molecule has 0 saturated carbocycles. The quantitative estimate of drug-likeness (QED) is 0.145. The van der Waals surface area contributed by atoms with Crippen LogP contribution in [0.2, 0.25) is 0 Å². The molecule has 1 N–H and O–H groups in total. The standard InChI is InChI=1S/C19H27N3O9/c1-2-6-27-8-10-29-12-14-31-15-13-30-11-9-28-7-5-20-18-4-3-17(21(23)24)16-19(18)22(25)26/h1,3-4,16,20H,5-15H2. The number of nitro groups is 2. The van der Waals surface area contributed by atoms with Crippen LogP contribution in [0.1, 0.15) is 0 Å². The van der Waals surface area contributed by atoms with Gasteiger partial charge in [-0.1, -0.05) is 5.92 Å². The van der Waals surface area contributed by atoms with Crippen molar-refractivity contribution in [2.45, 2.75) is 0 Å². The zero-order chi connectivity index (χ0) is 22.7. The van der Waals surface area contributed by atoms with E-state index in [9.17, 15) is 20.2 Å². The van der Waals surface area contributed by atoms with Crippen LogP contribution < -0.4 is 5.32 Å². The molecule has 31 heavy (non-hydrogen) atoms. The molecule has 0 saturated heterocycles. The van der Waals surface area contributed by atoms with E-state index in [2.05, 4.69) is 11.2 Å². The maximum absolute atomic E-state index is 11.0. The fourth-order valence-corrected chi connectivity index (χ4v) is 2.20. The number of hydrogen-bond donors (Lipinski definition) is 1. The van der Waals surface area contributed by atoms with Crippen LogP contribution in [0.3, 0.4) is 0 Å². The third-order valence-electron chi connectivity index (χ3n) is 3.62. The smallest absolute Gasteiger partial charge is 0.299 e. The van der Waals surface area contributed by atoms with Crippen molar-refractivity contribution in [2.75, 3.05) is 77.9 Å². The minimum atomic E-state index is -0.682. The molecule has 0 bridgehead atoms. The zero-order valence-corrected chi connectivity index (χ0v) is 17.2. The van der Waals surface area contributed by atoms with Crippen molar-refractivity contribution >= 4 is 17.1 Å². The van der Waals surface area contributed by atoms with E-state index >= 15 is 0 Å². The Balaban J connectivity index is 1.98. The summed E-state index contributed by atoms with van der Waals surface area (Å²) in [7, 11) is 0. The number of ether oxygens (including phenoxy) is 5. The Bertz CT molecular complexity index is 709. The molecule has 0 atom stereocenters. The molecule has 1 aromatic rings. The second kappa shape index (κ2) is 16.9. The molecule has 0 spiro atoms. The highest BCUT2D eigenvalue weighted by Crippen LogP contribution is 2.28. The predicted octanol–water partition coefficient (Wildman–Crippen LogP) is 1.63. The number of anilines is 1. The molecule has 0 aliphatic rings. The summed E-state index contributed by atoms with van der Waals surface area (Å²) >= 11 is 0. The van der Waals surface area contributed by atoms with Crippen LogP contribution in [0.5, 0.6) is 0 Å². The number of rotatable bonds is 19. The lowest BCUT2D eigenvalue weighted by atomic mass is 10.2. The van der Waals surface area contributed by atoms with Crippen molar-refractivity contribution in [3.63, 3.8) is 0 Å². The van der Waals surface area contributed by atoms with Crippen molar-refractivity contribution in [2.24, 2.45) is 0 Å². The van der Waals surface area contributed by atoms with Gasteiger partial charge < -0.3 is 29.0 Å². The lowest BCUT2D eigenvalue weighted by molar-refractivity contribution is -0.393. The molecule has 12 nitrogen and oxygen atoms in total. The third kappa shape index (κ3) is 12.5. The second-order valence-electron chi connectivity index (χ2n) is 5.85. The van der Waals surface area contributed by atoms with Gasteiger partial charge in [-0.25, -0.2) is 0 Å². The van der Waals surface area contributed by atoms with Gasteiger partial charge in [-0.2, -0.15) is 0 Å². The number of hydrogen-bond acceptors (Lipinski definition) is 10. The van der Waals surface area contributed by atoms with Gasteiger partial charge in [0.25, 0.3) is 11.4 Å². The summed E-state index contributed by atoms with van der Waals surface area (Å²) in [5.74, 6) is 2.37. The van der Waals surface area contributed by atoms with E-state index in [0.717, 1.165) is 6.07 Å². The molecule has 1 aromatic carbocycles. The van der Waals surface area contributed by atoms with Crippen LogP contribution in [0, 0.1) is 32.6 Å². The first-order valence-corrected chi connectivity index (χ1v) is 9.55. The number of nitrogens with one attached hydrogen (secondary N) is 1. The summed E-state index contributed by atoms with van der Waals surface area (Å²) in [4.78, 5) is 20.4. The Morgan fingerprint density at radius 2 is 1.32 bits per heavy atom. The van der Waals surface area contributed by atoms with Crippen molar-refractivity contribution in [3.8, 4) is 12.3 Å². The average Bonchev–Trinajstić information content (AvgIpc) is 2.75. The van der Waals surface area contributed by atoms with Gasteiger partial charge in [0.05, 0.1) is 75.4 Å². The number of benzene rings is 1. The Morgan fingerprint density at radius 3 is 1.81 bits per heavy atom. The maximum Gasteiger partial charge on any atom is 0.299 e. The van der Waals surface area contributed by atoms with Crippen LogP contribution in [-0.2, 0) is 23.7 Å². The van der Waals surface area contributed by atoms with Crippen molar-refractivity contribution in [1.82, 2.24) is 0 Å². The topological polar surface area (TPSA) is 144 Å². The van der Waals surface area contributed by atoms with E-state index in [0.29, 0.717) is 59.4 Å². The molecule has 0 fully saturated rings. The molecule has 0 unspecified atom stereocenters. The Kier molecular flexibility index (Phi) is 14.3. The normalized spacial score (nSPS) is 10.5. The molecular formula is C19H27N3O9. The summed E-state index contributed by atoms with van der Waals surface area (Å²) in [6, 6.07) is 3.42. The monoisotopic (exact) mass is 441 g/mol. The summed E-state index contributed by atoms with van der Waals surface area (Å²) in [5.41, 5.74) is -0.510. The first-order chi connectivity index (χ1) is 15.1. The molecule has 12 heteroatoms. The van der Waals surface area contributed by atoms with Crippen LogP contribution in [-0.4, -0.2) is 82.5 Å². The van der Waals surface area contributed by atoms with Gasteiger partial charge >= 0.3 is 0 Å². The van der Waals surface area contributed by atoms with Crippen molar-refractivity contribution in [1.29, 1.82) is 0 Å². The second-order valence-corrected chi connectivity index (χ2v) is 5.85. The number of non-ortho nitro benzene ring substituents is 1. The molecule has 1 rings (SSSR count). The van der Waals surface area contributed by atoms with E-state index < -0.39 is 9.85 Å². The number of nitro benzene ring substituents is 2. The fourth-order valence-electron chi connectivity index (χ4n) is 2.20. The molecule has 0 aliphatic heterocycles. The lowest BCUT2D eigenvalue weighted by Crippen LogP contribution is -2.15. The van der Waals surface area contributed by atoms with Crippen molar-refractivity contribution < 1.29 is 33.5 Å². The van der Waals surface area contributed by atoms with E-state index in [-0.39, 0.29) is 30.3 Å². The van der Waals surface area contributed by atoms with Crippen molar-refractivity contribution in [3.05, 3.63) is 38.4 Å². The molecular weight excluding hydrogens is 414 g/mol. The van der Waals surface area contributed by atoms with Crippen LogP contribution in [0.15, 0.2) is 18.2 Å². The number of terminal acetylenes is 1. The van der Waals surface area contributed by atoms with E-state index in [1.54, 1.807) is 0 Å². The molecule has 0 amide bonds. The Morgan fingerprint density at radius 1 is 0.806 bits per heavy atom. The van der Waals surface area contributed by atoms with Gasteiger partial charge in [0.1, 0.15) is 12.3 Å². The first kappa shape index (κ1) is 26.2. The third-order valence-corrected chi connectivity index (χ3v) is 3.62. The van der Waals surface area contributed by atoms with Crippen LogP contribution >= 0.6 is 0 Å². The highest BCUT2D eigenvalue weighted by atomic mass is 16.6. The number of nitrogens with zero attached hydrogens (tertiary/aromatic N) is 2. The average molecular weight is 441 g/mol. The zero-order valence-electron chi connectivity index (χ0n) is 17.2. The SMILES string of the molecule is C#CCOCCOCCOCCOCCOCCNc1ccc([N+](=O)[O-])cc1[N+](=O)[O-]. The summed E-state index contributed by atoms with van der Waals surface area (Å²) in [6.07, 6.45) is 5.04. The molecule has 0 heterocycles. The largest absolute Gasteiger partial charge is 0.377 e. The summed E-state index contributed by atoms with van der Waals surface area (Å²) in [5, 5.41) is 24.6. The highest BCUT2D eigenvalue weighted by molar-refractivity contribution is 5.65. The van der Waals surface area contributed by atoms with E-state index in [4.69, 9.17) is 30.1 Å². The first-order valence-electron chi connectivity index (χ1n) is 9.55. The lowest BCUT2D eigenvalue weighted by Gasteiger charge is -2.09. The van der Waals surface area contributed by atoms with Gasteiger partial charge in [-0.3, -0.25) is 20.2 Å². The minimum absolute atomic E-state index is 0.191. The van der Waals surface area contributed by atoms with Gasteiger partial charge in [-0.05, 0) is 6.07 Å². The molecule has 0 aromatic heterocycles. The highest BCUT2D eigenvalue weighted by Gasteiger charge is 2.18. The van der Waals surface area contributed by atoms with Gasteiger partial charge in [0.15, 0.2) is 0 Å². The maximum atomic E-state index is 11.0. The van der Waals surface area contributed by atoms with E-state index in [1.807, 2.05) is 0 Å². The summed E-state index contributed by atoms with van der Waals surface area (Å²) in [6.45, 7) is 4.28. The van der Waals surface area contributed by atoms with Gasteiger partial charge in [0, 0.05) is 12.6 Å². The van der Waals surface area contributed by atoms with Crippen LogP contribution in [0.25, 0.3) is 0 Å².